The fourth-order valence-electron chi connectivity index (χ4n) is 2.72. The Kier molecular flexibility index (Phi) is 5.07. The first-order chi connectivity index (χ1) is 11.2. The van der Waals surface area contributed by atoms with E-state index in [0.29, 0.717) is 6.54 Å². The van der Waals surface area contributed by atoms with E-state index in [1.54, 1.807) is 23.7 Å². The summed E-state index contributed by atoms with van der Waals surface area (Å²) < 4.78 is 0. The molecule has 2 N–H and O–H groups in total. The van der Waals surface area contributed by atoms with Crippen LogP contribution in [-0.2, 0) is 6.54 Å². The van der Waals surface area contributed by atoms with Gasteiger partial charge in [0.05, 0.1) is 6.54 Å². The smallest absolute Gasteiger partial charge is 0.315 e. The first-order valence-electron chi connectivity index (χ1n) is 7.82. The Morgan fingerprint density at radius 3 is 2.96 bits per heavy atom. The van der Waals surface area contributed by atoms with Crippen LogP contribution in [0.4, 0.5) is 10.7 Å². The number of carbonyl (C=O) groups is 1. The first kappa shape index (κ1) is 15.7. The predicted molar refractivity (Wildman–Crippen MR) is 91.7 cm³/mol. The van der Waals surface area contributed by atoms with E-state index >= 15 is 0 Å². The number of nitrogens with zero attached hydrogens (tertiary/aromatic N) is 3. The molecule has 2 amide bonds. The van der Waals surface area contributed by atoms with Gasteiger partial charge in [0, 0.05) is 41.3 Å². The third kappa shape index (κ3) is 4.41. The molecule has 3 rings (SSSR count). The highest BCUT2D eigenvalue weighted by Crippen LogP contribution is 2.16. The molecule has 122 valence electrons. The minimum absolute atomic E-state index is 0.114. The van der Waals surface area contributed by atoms with Crippen molar-refractivity contribution in [2.24, 2.45) is 0 Å². The number of piperidine rings is 1. The molecule has 2 aromatic heterocycles. The zero-order valence-corrected chi connectivity index (χ0v) is 14.0. The molecule has 1 aliphatic heterocycles. The maximum Gasteiger partial charge on any atom is 0.315 e. The second kappa shape index (κ2) is 7.41. The van der Waals surface area contributed by atoms with Gasteiger partial charge in [-0.05, 0) is 38.0 Å². The molecule has 7 heteroatoms. The lowest BCUT2D eigenvalue weighted by molar-refractivity contribution is 0.234. The van der Waals surface area contributed by atoms with Crippen molar-refractivity contribution in [1.82, 2.24) is 20.6 Å². The van der Waals surface area contributed by atoms with Gasteiger partial charge in [0.2, 0.25) is 5.95 Å². The van der Waals surface area contributed by atoms with Crippen molar-refractivity contribution in [3.8, 4) is 0 Å². The molecular weight excluding hydrogens is 310 g/mol. The number of urea groups is 1. The maximum absolute atomic E-state index is 12.1. The Hall–Kier alpha value is -2.15. The Morgan fingerprint density at radius 2 is 2.22 bits per heavy atom. The maximum atomic E-state index is 12.1. The molecule has 23 heavy (non-hydrogen) atoms. The Morgan fingerprint density at radius 1 is 1.39 bits per heavy atom. The lowest BCUT2D eigenvalue weighted by Crippen LogP contribution is -2.50. The van der Waals surface area contributed by atoms with Crippen LogP contribution in [0.1, 0.15) is 22.6 Å². The topological polar surface area (TPSA) is 70.2 Å². The lowest BCUT2D eigenvalue weighted by atomic mass is 10.1. The summed E-state index contributed by atoms with van der Waals surface area (Å²) in [5.74, 6) is 0.730. The fraction of sp³-hybridized carbons (Fsp3) is 0.438. The summed E-state index contributed by atoms with van der Waals surface area (Å²) in [5.41, 5.74) is 0. The van der Waals surface area contributed by atoms with E-state index < -0.39 is 0 Å². The van der Waals surface area contributed by atoms with Crippen LogP contribution in [0.5, 0.6) is 0 Å². The van der Waals surface area contributed by atoms with Crippen LogP contribution in [0, 0.1) is 6.92 Å². The van der Waals surface area contributed by atoms with Gasteiger partial charge in [-0.15, -0.1) is 11.3 Å². The van der Waals surface area contributed by atoms with Gasteiger partial charge in [-0.1, -0.05) is 0 Å². The SMILES string of the molecule is Cc1ccc(CNC(=O)N[C@@H]2CCCN(c3ncccn3)C2)s1. The summed E-state index contributed by atoms with van der Waals surface area (Å²) in [4.78, 5) is 25.2. The molecule has 0 aliphatic carbocycles. The molecule has 6 nitrogen and oxygen atoms in total. The molecular formula is C16H21N5OS. The minimum atomic E-state index is -0.114. The van der Waals surface area contributed by atoms with E-state index in [1.807, 2.05) is 6.07 Å². The number of anilines is 1. The highest BCUT2D eigenvalue weighted by Gasteiger charge is 2.22. The number of hydrogen-bond acceptors (Lipinski definition) is 5. The molecule has 0 aromatic carbocycles. The third-order valence-electron chi connectivity index (χ3n) is 3.81. The number of amides is 2. The van der Waals surface area contributed by atoms with Gasteiger partial charge in [-0.2, -0.15) is 0 Å². The number of thiophene rings is 1. The van der Waals surface area contributed by atoms with Crippen molar-refractivity contribution < 1.29 is 4.79 Å². The van der Waals surface area contributed by atoms with Crippen molar-refractivity contribution in [3.63, 3.8) is 0 Å². The fourth-order valence-corrected chi connectivity index (χ4v) is 3.55. The molecule has 1 aliphatic rings. The predicted octanol–water partition coefficient (Wildman–Crippen LogP) is 2.31. The van der Waals surface area contributed by atoms with Crippen molar-refractivity contribution >= 4 is 23.3 Å². The van der Waals surface area contributed by atoms with Gasteiger partial charge >= 0.3 is 6.03 Å². The van der Waals surface area contributed by atoms with E-state index in [1.165, 1.54) is 9.75 Å². The van der Waals surface area contributed by atoms with Crippen LogP contribution in [0.3, 0.4) is 0 Å². The van der Waals surface area contributed by atoms with Crippen molar-refractivity contribution in [2.75, 3.05) is 18.0 Å². The third-order valence-corrected chi connectivity index (χ3v) is 4.81. The molecule has 0 bridgehead atoms. The highest BCUT2D eigenvalue weighted by molar-refractivity contribution is 7.11. The summed E-state index contributed by atoms with van der Waals surface area (Å²) in [6.07, 6.45) is 5.49. The minimum Gasteiger partial charge on any atom is -0.339 e. The second-order valence-electron chi connectivity index (χ2n) is 5.67. The zero-order valence-electron chi connectivity index (χ0n) is 13.2. The van der Waals surface area contributed by atoms with E-state index in [-0.39, 0.29) is 12.1 Å². The number of aromatic nitrogens is 2. The number of hydrogen-bond donors (Lipinski definition) is 2. The summed E-state index contributed by atoms with van der Waals surface area (Å²) in [5, 5.41) is 5.98. The van der Waals surface area contributed by atoms with E-state index in [0.717, 1.165) is 31.9 Å². The van der Waals surface area contributed by atoms with Gasteiger partial charge < -0.3 is 15.5 Å². The second-order valence-corrected chi connectivity index (χ2v) is 7.05. The normalized spacial score (nSPS) is 17.8. The van der Waals surface area contributed by atoms with Gasteiger partial charge in [0.1, 0.15) is 0 Å². The van der Waals surface area contributed by atoms with Crippen LogP contribution in [0.15, 0.2) is 30.6 Å². The molecule has 0 spiro atoms. The first-order valence-corrected chi connectivity index (χ1v) is 8.64. The van der Waals surface area contributed by atoms with E-state index in [9.17, 15) is 4.79 Å². The van der Waals surface area contributed by atoms with Crippen LogP contribution in [0.2, 0.25) is 0 Å². The lowest BCUT2D eigenvalue weighted by Gasteiger charge is -2.33. The van der Waals surface area contributed by atoms with E-state index in [2.05, 4.69) is 44.6 Å². The summed E-state index contributed by atoms with van der Waals surface area (Å²) >= 11 is 1.71. The van der Waals surface area contributed by atoms with Crippen LogP contribution >= 0.6 is 11.3 Å². The van der Waals surface area contributed by atoms with Crippen molar-refractivity contribution in [3.05, 3.63) is 40.3 Å². The average molecular weight is 331 g/mol. The number of nitrogens with one attached hydrogen (secondary N) is 2. The standard InChI is InChI=1S/C16H21N5OS/c1-12-5-6-14(23-12)10-19-16(22)20-13-4-2-9-21(11-13)15-17-7-3-8-18-15/h3,5-8,13H,2,4,9-11H2,1H3,(H2,19,20,22)/t13-/m1/s1. The van der Waals surface area contributed by atoms with Gasteiger partial charge in [-0.3, -0.25) is 0 Å². The van der Waals surface area contributed by atoms with Crippen molar-refractivity contribution in [1.29, 1.82) is 0 Å². The monoisotopic (exact) mass is 331 g/mol. The molecule has 0 unspecified atom stereocenters. The molecule has 1 atom stereocenters. The number of rotatable bonds is 4. The molecule has 1 fully saturated rings. The summed E-state index contributed by atoms with van der Waals surface area (Å²) in [6.45, 7) is 4.31. The zero-order chi connectivity index (χ0) is 16.1. The molecule has 3 heterocycles. The Balaban J connectivity index is 1.48. The molecule has 1 saturated heterocycles. The number of carbonyl (C=O) groups excluding carboxylic acids is 1. The van der Waals surface area contributed by atoms with Crippen molar-refractivity contribution in [2.45, 2.75) is 32.4 Å². The Labute approximate surface area is 140 Å². The highest BCUT2D eigenvalue weighted by atomic mass is 32.1. The van der Waals surface area contributed by atoms with Gasteiger partial charge in [0.25, 0.3) is 0 Å². The van der Waals surface area contributed by atoms with Crippen LogP contribution < -0.4 is 15.5 Å². The quantitative estimate of drug-likeness (QED) is 0.902. The molecule has 2 aromatic rings. The van der Waals surface area contributed by atoms with Gasteiger partial charge in [0.15, 0.2) is 0 Å². The summed E-state index contributed by atoms with van der Waals surface area (Å²) in [7, 11) is 0. The van der Waals surface area contributed by atoms with Crippen LogP contribution in [-0.4, -0.2) is 35.1 Å². The molecule has 0 radical (unpaired) electrons. The van der Waals surface area contributed by atoms with Gasteiger partial charge in [-0.25, -0.2) is 14.8 Å². The largest absolute Gasteiger partial charge is 0.339 e. The average Bonchev–Trinajstić information content (AvgIpc) is 3.00. The number of aryl methyl sites for hydroxylation is 1. The van der Waals surface area contributed by atoms with Crippen LogP contribution in [0.25, 0.3) is 0 Å². The van der Waals surface area contributed by atoms with E-state index in [4.69, 9.17) is 0 Å². The Bertz CT molecular complexity index is 645. The molecule has 0 saturated carbocycles. The summed E-state index contributed by atoms with van der Waals surface area (Å²) in [6, 6.07) is 5.94.